The Balaban J connectivity index is 1.90. The van der Waals surface area contributed by atoms with Crippen LogP contribution in [0.5, 0.6) is 0 Å². The summed E-state index contributed by atoms with van der Waals surface area (Å²) in [6.07, 6.45) is 1.25. The van der Waals surface area contributed by atoms with Gasteiger partial charge in [-0.3, -0.25) is 4.79 Å². The Labute approximate surface area is 146 Å². The molecule has 124 valence electrons. The number of fused-ring (bicyclic) bond motifs is 1. The molecule has 0 spiro atoms. The predicted molar refractivity (Wildman–Crippen MR) is 96.1 cm³/mol. The third-order valence-corrected chi connectivity index (χ3v) is 4.46. The fourth-order valence-electron chi connectivity index (χ4n) is 2.80. The highest BCUT2D eigenvalue weighted by molar-refractivity contribution is 6.31. The first kappa shape index (κ1) is 16.5. The quantitative estimate of drug-likeness (QED) is 0.664. The van der Waals surface area contributed by atoms with E-state index >= 15 is 0 Å². The van der Waals surface area contributed by atoms with Crippen LogP contribution in [0.1, 0.15) is 24.7 Å². The zero-order chi connectivity index (χ0) is 16.9. The molecule has 0 aliphatic heterocycles. The van der Waals surface area contributed by atoms with Crippen LogP contribution in [0.15, 0.2) is 48.5 Å². The van der Waals surface area contributed by atoms with Crippen molar-refractivity contribution in [2.24, 2.45) is 0 Å². The van der Waals surface area contributed by atoms with Gasteiger partial charge in [-0.2, -0.15) is 0 Å². The first-order chi connectivity index (χ1) is 11.7. The number of rotatable bonds is 6. The number of amides is 1. The molecule has 0 aliphatic rings. The second-order valence-corrected chi connectivity index (χ2v) is 6.13. The summed E-state index contributed by atoms with van der Waals surface area (Å²) in [4.78, 5) is 14.9. The molecule has 2 N–H and O–H groups in total. The number of aromatic nitrogens is 2. The Hall–Kier alpha value is -2.33. The number of nitrogens with one attached hydrogen (secondary N) is 2. The Bertz CT molecular complexity index is 857. The van der Waals surface area contributed by atoms with Gasteiger partial charge in [0, 0.05) is 23.6 Å². The third-order valence-electron chi connectivity index (χ3n) is 4.09. The largest absolute Gasteiger partial charge is 0.355 e. The zero-order valence-corrected chi connectivity index (χ0v) is 14.4. The molecule has 0 aliphatic carbocycles. The van der Waals surface area contributed by atoms with E-state index in [-0.39, 0.29) is 5.91 Å². The summed E-state index contributed by atoms with van der Waals surface area (Å²) in [7, 11) is 0. The van der Waals surface area contributed by atoms with Crippen LogP contribution in [-0.2, 0) is 17.8 Å². The maximum absolute atomic E-state index is 11.4. The van der Waals surface area contributed by atoms with Gasteiger partial charge in [-0.15, -0.1) is 0 Å². The molecular formula is C19H21ClN3O+. The first-order valence-electron chi connectivity index (χ1n) is 8.18. The summed E-state index contributed by atoms with van der Waals surface area (Å²) in [6, 6.07) is 16.1. The average Bonchev–Trinajstić information content (AvgIpc) is 2.94. The summed E-state index contributed by atoms with van der Waals surface area (Å²) in [6.45, 7) is 3.17. The van der Waals surface area contributed by atoms with E-state index in [1.165, 1.54) is 0 Å². The maximum Gasteiger partial charge on any atom is 0.257 e. The lowest BCUT2D eigenvalue weighted by Gasteiger charge is -2.05. The standard InChI is InChI=1S/C19H20ClN3O/c1-2-19(24)21-12-11-18-22-16-9-5-6-10-17(16)23(18)13-14-7-3-4-8-15(14)20/h3-10H,2,11-13H2,1H3,(H,21,24)/p+1. The summed E-state index contributed by atoms with van der Waals surface area (Å²) in [5, 5.41) is 3.69. The van der Waals surface area contributed by atoms with Gasteiger partial charge in [0.05, 0.1) is 6.42 Å². The lowest BCUT2D eigenvalue weighted by atomic mass is 10.2. The molecule has 1 heterocycles. The summed E-state index contributed by atoms with van der Waals surface area (Å²) >= 11 is 6.33. The maximum atomic E-state index is 11.4. The number of hydrogen-bond donors (Lipinski definition) is 2. The number of nitrogens with zero attached hydrogens (tertiary/aromatic N) is 1. The van der Waals surface area contributed by atoms with E-state index in [0.717, 1.165) is 33.9 Å². The van der Waals surface area contributed by atoms with E-state index in [0.29, 0.717) is 19.5 Å². The molecular weight excluding hydrogens is 322 g/mol. The second kappa shape index (κ2) is 7.49. The van der Waals surface area contributed by atoms with Crippen LogP contribution in [0.25, 0.3) is 11.0 Å². The number of H-pyrrole nitrogens is 1. The highest BCUT2D eigenvalue weighted by Gasteiger charge is 2.19. The van der Waals surface area contributed by atoms with E-state index < -0.39 is 0 Å². The van der Waals surface area contributed by atoms with Gasteiger partial charge < -0.3 is 5.32 Å². The van der Waals surface area contributed by atoms with Crippen molar-refractivity contribution in [2.75, 3.05) is 6.54 Å². The molecule has 1 aromatic heterocycles. The Kier molecular flexibility index (Phi) is 5.16. The van der Waals surface area contributed by atoms with Crippen LogP contribution in [-0.4, -0.2) is 17.4 Å². The summed E-state index contributed by atoms with van der Waals surface area (Å²) in [5.74, 6) is 1.15. The SMILES string of the molecule is CCC(=O)NCCc1[nH]c2ccccc2[n+]1Cc1ccccc1Cl. The third kappa shape index (κ3) is 3.60. The minimum Gasteiger partial charge on any atom is -0.355 e. The normalized spacial score (nSPS) is 10.9. The topological polar surface area (TPSA) is 48.8 Å². The highest BCUT2D eigenvalue weighted by atomic mass is 35.5. The number of carbonyl (C=O) groups excluding carboxylic acids is 1. The highest BCUT2D eigenvalue weighted by Crippen LogP contribution is 2.16. The van der Waals surface area contributed by atoms with Crippen LogP contribution in [0.4, 0.5) is 0 Å². The molecule has 1 amide bonds. The lowest BCUT2D eigenvalue weighted by Crippen LogP contribution is -2.39. The number of aromatic amines is 1. The van der Waals surface area contributed by atoms with Crippen molar-refractivity contribution in [3.05, 3.63) is 64.9 Å². The van der Waals surface area contributed by atoms with Gasteiger partial charge in [0.25, 0.3) is 5.82 Å². The second-order valence-electron chi connectivity index (χ2n) is 5.72. The van der Waals surface area contributed by atoms with Crippen molar-refractivity contribution in [1.82, 2.24) is 10.3 Å². The molecule has 4 nitrogen and oxygen atoms in total. The monoisotopic (exact) mass is 342 g/mol. The molecule has 0 atom stereocenters. The van der Waals surface area contributed by atoms with E-state index in [2.05, 4.69) is 27.0 Å². The predicted octanol–water partition coefficient (Wildman–Crippen LogP) is 3.23. The molecule has 0 saturated carbocycles. The van der Waals surface area contributed by atoms with Gasteiger partial charge in [-0.25, -0.2) is 9.55 Å². The Morgan fingerprint density at radius 1 is 1.17 bits per heavy atom. The van der Waals surface area contributed by atoms with Gasteiger partial charge >= 0.3 is 0 Å². The molecule has 0 saturated heterocycles. The number of halogens is 1. The number of hydrogen-bond acceptors (Lipinski definition) is 1. The molecule has 5 heteroatoms. The average molecular weight is 343 g/mol. The zero-order valence-electron chi connectivity index (χ0n) is 13.7. The minimum absolute atomic E-state index is 0.0729. The van der Waals surface area contributed by atoms with E-state index in [1.807, 2.05) is 43.3 Å². The fourth-order valence-corrected chi connectivity index (χ4v) is 3.00. The Morgan fingerprint density at radius 2 is 1.92 bits per heavy atom. The number of carbonyl (C=O) groups is 1. The van der Waals surface area contributed by atoms with Crippen molar-refractivity contribution in [2.45, 2.75) is 26.3 Å². The fraction of sp³-hybridized carbons (Fsp3) is 0.263. The van der Waals surface area contributed by atoms with Crippen LogP contribution < -0.4 is 9.88 Å². The summed E-state index contributed by atoms with van der Waals surface area (Å²) < 4.78 is 2.23. The van der Waals surface area contributed by atoms with Gasteiger partial charge in [0.15, 0.2) is 11.0 Å². The van der Waals surface area contributed by atoms with Gasteiger partial charge in [-0.1, -0.05) is 48.9 Å². The molecule has 0 fully saturated rings. The Morgan fingerprint density at radius 3 is 2.71 bits per heavy atom. The molecule has 0 bridgehead atoms. The van der Waals surface area contributed by atoms with E-state index in [4.69, 9.17) is 11.6 Å². The van der Waals surface area contributed by atoms with Gasteiger partial charge in [0.2, 0.25) is 5.91 Å². The number of benzene rings is 2. The molecule has 3 aromatic rings. The van der Waals surface area contributed by atoms with Crippen molar-refractivity contribution in [1.29, 1.82) is 0 Å². The van der Waals surface area contributed by atoms with E-state index in [1.54, 1.807) is 0 Å². The van der Waals surface area contributed by atoms with Crippen LogP contribution >= 0.6 is 11.6 Å². The lowest BCUT2D eigenvalue weighted by molar-refractivity contribution is -0.669. The van der Waals surface area contributed by atoms with Crippen molar-refractivity contribution in [3.8, 4) is 0 Å². The van der Waals surface area contributed by atoms with Gasteiger partial charge in [0.1, 0.15) is 6.54 Å². The van der Waals surface area contributed by atoms with Crippen molar-refractivity contribution in [3.63, 3.8) is 0 Å². The van der Waals surface area contributed by atoms with Crippen LogP contribution in [0.2, 0.25) is 5.02 Å². The van der Waals surface area contributed by atoms with Crippen LogP contribution in [0, 0.1) is 0 Å². The molecule has 0 unspecified atom stereocenters. The first-order valence-corrected chi connectivity index (χ1v) is 8.56. The molecule has 0 radical (unpaired) electrons. The molecule has 3 rings (SSSR count). The van der Waals surface area contributed by atoms with Crippen molar-refractivity contribution < 1.29 is 9.36 Å². The molecule has 24 heavy (non-hydrogen) atoms. The number of imidazole rings is 1. The number of para-hydroxylation sites is 2. The van der Waals surface area contributed by atoms with Crippen molar-refractivity contribution >= 4 is 28.5 Å². The van der Waals surface area contributed by atoms with Crippen LogP contribution in [0.3, 0.4) is 0 Å². The molecule has 2 aromatic carbocycles. The van der Waals surface area contributed by atoms with Gasteiger partial charge in [-0.05, 0) is 18.2 Å². The smallest absolute Gasteiger partial charge is 0.257 e. The summed E-state index contributed by atoms with van der Waals surface area (Å²) in [5.41, 5.74) is 3.29. The minimum atomic E-state index is 0.0729. The van der Waals surface area contributed by atoms with E-state index in [9.17, 15) is 4.79 Å².